The predicted octanol–water partition coefficient (Wildman–Crippen LogP) is 1.92. The second-order valence-corrected chi connectivity index (χ2v) is 4.06. The van der Waals surface area contributed by atoms with Crippen LogP contribution in [-0.4, -0.2) is 17.4 Å². The molecule has 0 radical (unpaired) electrons. The standard InChI is InChI=1S/C12H12O3/c1-8-9(11(14)15)3-2-4-10(8)12(7-13)5-6-12/h2-4,7H,5-6H2,1H3,(H,14,15). The summed E-state index contributed by atoms with van der Waals surface area (Å²) < 4.78 is 0. The van der Waals surface area contributed by atoms with E-state index in [2.05, 4.69) is 0 Å². The highest BCUT2D eigenvalue weighted by atomic mass is 16.4. The largest absolute Gasteiger partial charge is 0.478 e. The van der Waals surface area contributed by atoms with Crippen LogP contribution in [0.1, 0.15) is 34.3 Å². The Hall–Kier alpha value is -1.64. The Morgan fingerprint density at radius 3 is 2.60 bits per heavy atom. The van der Waals surface area contributed by atoms with Gasteiger partial charge in [0, 0.05) is 0 Å². The molecule has 3 nitrogen and oxygen atoms in total. The molecule has 1 saturated carbocycles. The molecule has 0 atom stereocenters. The number of carbonyl (C=O) groups is 2. The van der Waals surface area contributed by atoms with Crippen LogP contribution in [0.4, 0.5) is 0 Å². The van der Waals surface area contributed by atoms with Crippen molar-refractivity contribution in [3.63, 3.8) is 0 Å². The molecule has 15 heavy (non-hydrogen) atoms. The molecule has 1 aliphatic rings. The van der Waals surface area contributed by atoms with Gasteiger partial charge in [-0.2, -0.15) is 0 Å². The summed E-state index contributed by atoms with van der Waals surface area (Å²) in [5, 5.41) is 8.96. The molecule has 1 N–H and O–H groups in total. The molecule has 2 rings (SSSR count). The van der Waals surface area contributed by atoms with Gasteiger partial charge in [0.25, 0.3) is 0 Å². The van der Waals surface area contributed by atoms with Gasteiger partial charge >= 0.3 is 5.97 Å². The van der Waals surface area contributed by atoms with Crippen LogP contribution in [0.25, 0.3) is 0 Å². The summed E-state index contributed by atoms with van der Waals surface area (Å²) in [6, 6.07) is 5.13. The van der Waals surface area contributed by atoms with E-state index in [1.165, 1.54) is 0 Å². The molecular weight excluding hydrogens is 192 g/mol. The van der Waals surface area contributed by atoms with Crippen LogP contribution in [0.15, 0.2) is 18.2 Å². The fourth-order valence-electron chi connectivity index (χ4n) is 1.99. The molecule has 3 heteroatoms. The van der Waals surface area contributed by atoms with Crippen LogP contribution in [-0.2, 0) is 10.2 Å². The normalized spacial score (nSPS) is 17.1. The molecule has 0 unspecified atom stereocenters. The summed E-state index contributed by atoms with van der Waals surface area (Å²) in [5.74, 6) is -0.934. The maximum absolute atomic E-state index is 11.0. The van der Waals surface area contributed by atoms with Crippen LogP contribution < -0.4 is 0 Å². The Morgan fingerprint density at radius 1 is 1.47 bits per heavy atom. The summed E-state index contributed by atoms with van der Waals surface area (Å²) in [5.41, 5.74) is 1.49. The first-order chi connectivity index (χ1) is 7.10. The van der Waals surface area contributed by atoms with Gasteiger partial charge in [-0.1, -0.05) is 12.1 Å². The lowest BCUT2D eigenvalue weighted by Crippen LogP contribution is -2.12. The molecule has 0 aromatic heterocycles. The van der Waals surface area contributed by atoms with E-state index in [9.17, 15) is 9.59 Å². The zero-order valence-corrected chi connectivity index (χ0v) is 8.49. The molecule has 1 aromatic carbocycles. The van der Waals surface area contributed by atoms with Crippen molar-refractivity contribution in [1.82, 2.24) is 0 Å². The van der Waals surface area contributed by atoms with Crippen molar-refractivity contribution in [2.45, 2.75) is 25.2 Å². The van der Waals surface area contributed by atoms with Crippen LogP contribution in [0, 0.1) is 6.92 Å². The topological polar surface area (TPSA) is 54.4 Å². The van der Waals surface area contributed by atoms with Crippen molar-refractivity contribution < 1.29 is 14.7 Å². The number of rotatable bonds is 3. The number of carbonyl (C=O) groups excluding carboxylic acids is 1. The lowest BCUT2D eigenvalue weighted by molar-refractivity contribution is -0.109. The molecule has 78 valence electrons. The Kier molecular flexibility index (Phi) is 2.11. The highest BCUT2D eigenvalue weighted by molar-refractivity contribution is 5.90. The van der Waals surface area contributed by atoms with Crippen molar-refractivity contribution in [3.8, 4) is 0 Å². The van der Waals surface area contributed by atoms with Gasteiger partial charge in [-0.25, -0.2) is 4.79 Å². The van der Waals surface area contributed by atoms with E-state index in [1.54, 1.807) is 19.1 Å². The lowest BCUT2D eigenvalue weighted by atomic mass is 9.90. The van der Waals surface area contributed by atoms with Crippen LogP contribution >= 0.6 is 0 Å². The summed E-state index contributed by atoms with van der Waals surface area (Å²) in [6.07, 6.45) is 2.61. The minimum atomic E-state index is -0.934. The second kappa shape index (κ2) is 3.19. The Bertz CT molecular complexity index is 430. The minimum absolute atomic E-state index is 0.292. The number of carboxylic acids is 1. The first-order valence-electron chi connectivity index (χ1n) is 4.90. The molecular formula is C12H12O3. The molecule has 0 aliphatic heterocycles. The van der Waals surface area contributed by atoms with E-state index in [4.69, 9.17) is 5.11 Å². The van der Waals surface area contributed by atoms with Gasteiger partial charge in [0.15, 0.2) is 0 Å². The van der Waals surface area contributed by atoms with E-state index in [0.717, 1.165) is 30.3 Å². The number of benzene rings is 1. The molecule has 1 aliphatic carbocycles. The zero-order chi connectivity index (χ0) is 11.1. The maximum Gasteiger partial charge on any atom is 0.335 e. The van der Waals surface area contributed by atoms with Crippen molar-refractivity contribution in [1.29, 1.82) is 0 Å². The summed E-state index contributed by atoms with van der Waals surface area (Å²) in [4.78, 5) is 21.9. The van der Waals surface area contributed by atoms with E-state index >= 15 is 0 Å². The predicted molar refractivity (Wildman–Crippen MR) is 55.1 cm³/mol. The summed E-state index contributed by atoms with van der Waals surface area (Å²) in [7, 11) is 0. The van der Waals surface area contributed by atoms with E-state index in [-0.39, 0.29) is 0 Å². The molecule has 0 bridgehead atoms. The second-order valence-electron chi connectivity index (χ2n) is 4.06. The SMILES string of the molecule is Cc1c(C(=O)O)cccc1C1(C=O)CC1. The van der Waals surface area contributed by atoms with E-state index in [1.807, 2.05) is 6.07 Å². The third-order valence-electron chi connectivity index (χ3n) is 3.11. The number of hydrogen-bond donors (Lipinski definition) is 1. The average Bonchev–Trinajstić information content (AvgIpc) is 2.98. The third kappa shape index (κ3) is 1.44. The smallest absolute Gasteiger partial charge is 0.335 e. The fourth-order valence-corrected chi connectivity index (χ4v) is 1.99. The van der Waals surface area contributed by atoms with Crippen LogP contribution in [0.3, 0.4) is 0 Å². The first kappa shape index (κ1) is 9.90. The van der Waals surface area contributed by atoms with Crippen molar-refractivity contribution in [2.24, 2.45) is 0 Å². The monoisotopic (exact) mass is 204 g/mol. The van der Waals surface area contributed by atoms with Gasteiger partial charge in [-0.05, 0) is 37.0 Å². The van der Waals surface area contributed by atoms with Gasteiger partial charge in [-0.15, -0.1) is 0 Å². The number of aldehydes is 1. The summed E-state index contributed by atoms with van der Waals surface area (Å²) in [6.45, 7) is 1.77. The lowest BCUT2D eigenvalue weighted by Gasteiger charge is -2.12. The first-order valence-corrected chi connectivity index (χ1v) is 4.90. The average molecular weight is 204 g/mol. The van der Waals surface area contributed by atoms with Crippen molar-refractivity contribution >= 4 is 12.3 Å². The quantitative estimate of drug-likeness (QED) is 0.765. The third-order valence-corrected chi connectivity index (χ3v) is 3.11. The molecule has 1 fully saturated rings. The number of aromatic carboxylic acids is 1. The van der Waals surface area contributed by atoms with Gasteiger partial charge < -0.3 is 9.90 Å². The highest BCUT2D eigenvalue weighted by Crippen LogP contribution is 2.47. The van der Waals surface area contributed by atoms with Gasteiger partial charge in [0.05, 0.1) is 11.0 Å². The van der Waals surface area contributed by atoms with Crippen LogP contribution in [0.2, 0.25) is 0 Å². The number of hydrogen-bond acceptors (Lipinski definition) is 2. The molecule has 0 heterocycles. The fraction of sp³-hybridized carbons (Fsp3) is 0.333. The van der Waals surface area contributed by atoms with Gasteiger partial charge in [0.1, 0.15) is 6.29 Å². The summed E-state index contributed by atoms with van der Waals surface area (Å²) >= 11 is 0. The van der Waals surface area contributed by atoms with Crippen LogP contribution in [0.5, 0.6) is 0 Å². The molecule has 0 amide bonds. The van der Waals surface area contributed by atoms with Crippen molar-refractivity contribution in [3.05, 3.63) is 34.9 Å². The maximum atomic E-state index is 11.0. The molecule has 0 saturated heterocycles. The minimum Gasteiger partial charge on any atom is -0.478 e. The molecule has 1 aromatic rings. The Labute approximate surface area is 87.7 Å². The molecule has 0 spiro atoms. The van der Waals surface area contributed by atoms with Crippen molar-refractivity contribution in [2.75, 3.05) is 0 Å². The Balaban J connectivity index is 2.54. The van der Waals surface area contributed by atoms with E-state index < -0.39 is 11.4 Å². The Morgan fingerprint density at radius 2 is 2.13 bits per heavy atom. The number of carboxylic acid groups (broad SMARTS) is 1. The zero-order valence-electron chi connectivity index (χ0n) is 8.49. The van der Waals surface area contributed by atoms with Gasteiger partial charge in [0.2, 0.25) is 0 Å². The highest BCUT2D eigenvalue weighted by Gasteiger charge is 2.45. The van der Waals surface area contributed by atoms with E-state index in [0.29, 0.717) is 5.56 Å². The van der Waals surface area contributed by atoms with Gasteiger partial charge in [-0.3, -0.25) is 0 Å².